The van der Waals surface area contributed by atoms with Gasteiger partial charge in [0.05, 0.1) is 12.2 Å². The molecule has 2 aromatic carbocycles. The van der Waals surface area contributed by atoms with E-state index in [1.807, 2.05) is 52.0 Å². The fourth-order valence-electron chi connectivity index (χ4n) is 2.31. The van der Waals surface area contributed by atoms with E-state index in [9.17, 15) is 0 Å². The van der Waals surface area contributed by atoms with Crippen LogP contribution in [0.1, 0.15) is 33.3 Å². The average Bonchev–Trinajstić information content (AvgIpc) is 2.50. The lowest BCUT2D eigenvalue weighted by molar-refractivity contribution is 0.199. The molecule has 1 N–H and O–H groups in total. The highest BCUT2D eigenvalue weighted by Crippen LogP contribution is 2.32. The predicted molar refractivity (Wildman–Crippen MR) is 96.6 cm³/mol. The lowest BCUT2D eigenvalue weighted by Gasteiger charge is -2.18. The van der Waals surface area contributed by atoms with Crippen molar-refractivity contribution in [2.24, 2.45) is 0 Å². The molecule has 0 heterocycles. The van der Waals surface area contributed by atoms with Gasteiger partial charge in [-0.25, -0.2) is 0 Å². The molecule has 0 aliphatic carbocycles. The van der Waals surface area contributed by atoms with E-state index in [1.54, 1.807) is 0 Å². The summed E-state index contributed by atoms with van der Waals surface area (Å²) in [5, 5.41) is 3.45. The summed E-state index contributed by atoms with van der Waals surface area (Å²) in [5.41, 5.74) is 2.38. The standard InChI is InChI=1S/C20H27NO2/c1-15(2)22-19-11-10-18(14-20(19)23-16(3)4)21-13-12-17-8-6-5-7-9-17/h5-11,14-16,21H,12-13H2,1-4H3. The van der Waals surface area contributed by atoms with Gasteiger partial charge < -0.3 is 14.8 Å². The molecule has 0 aromatic heterocycles. The molecule has 0 fully saturated rings. The second-order valence-electron chi connectivity index (χ2n) is 6.16. The van der Waals surface area contributed by atoms with Crippen molar-refractivity contribution in [2.75, 3.05) is 11.9 Å². The van der Waals surface area contributed by atoms with E-state index in [-0.39, 0.29) is 12.2 Å². The predicted octanol–water partition coefficient (Wildman–Crippen LogP) is 4.92. The van der Waals surface area contributed by atoms with Crippen LogP contribution in [0.2, 0.25) is 0 Å². The summed E-state index contributed by atoms with van der Waals surface area (Å²) in [4.78, 5) is 0. The summed E-state index contributed by atoms with van der Waals surface area (Å²) in [6, 6.07) is 16.5. The summed E-state index contributed by atoms with van der Waals surface area (Å²) < 4.78 is 11.7. The number of rotatable bonds is 8. The van der Waals surface area contributed by atoms with E-state index in [4.69, 9.17) is 9.47 Å². The first kappa shape index (κ1) is 17.2. The third-order valence-electron chi connectivity index (χ3n) is 3.25. The molecule has 3 heteroatoms. The Kier molecular flexibility index (Phi) is 6.33. The third kappa shape index (κ3) is 5.85. The minimum absolute atomic E-state index is 0.115. The van der Waals surface area contributed by atoms with Crippen molar-refractivity contribution in [3.63, 3.8) is 0 Å². The molecular weight excluding hydrogens is 286 g/mol. The average molecular weight is 313 g/mol. The van der Waals surface area contributed by atoms with Gasteiger partial charge in [-0.3, -0.25) is 0 Å². The number of hydrogen-bond acceptors (Lipinski definition) is 3. The molecule has 0 aliphatic heterocycles. The van der Waals surface area contributed by atoms with Gasteiger partial charge in [-0.1, -0.05) is 30.3 Å². The van der Waals surface area contributed by atoms with Crippen molar-refractivity contribution in [1.82, 2.24) is 0 Å². The Morgan fingerprint density at radius 3 is 2.13 bits per heavy atom. The molecule has 0 radical (unpaired) electrons. The number of ether oxygens (including phenoxy) is 2. The number of benzene rings is 2. The minimum atomic E-state index is 0.115. The van der Waals surface area contributed by atoms with E-state index in [2.05, 4.69) is 29.6 Å². The SMILES string of the molecule is CC(C)Oc1ccc(NCCc2ccccc2)cc1OC(C)C. The first-order valence-corrected chi connectivity index (χ1v) is 8.29. The van der Waals surface area contributed by atoms with Crippen molar-refractivity contribution >= 4 is 5.69 Å². The van der Waals surface area contributed by atoms with Gasteiger partial charge in [-0.15, -0.1) is 0 Å². The van der Waals surface area contributed by atoms with Crippen LogP contribution in [-0.4, -0.2) is 18.8 Å². The zero-order chi connectivity index (χ0) is 16.7. The Bertz CT molecular complexity index is 594. The molecule has 0 spiro atoms. The van der Waals surface area contributed by atoms with Crippen LogP contribution in [0.4, 0.5) is 5.69 Å². The lowest BCUT2D eigenvalue weighted by atomic mass is 10.1. The van der Waals surface area contributed by atoms with Gasteiger partial charge in [0.2, 0.25) is 0 Å². The second-order valence-corrected chi connectivity index (χ2v) is 6.16. The lowest BCUT2D eigenvalue weighted by Crippen LogP contribution is -2.11. The molecule has 0 bridgehead atoms. The molecule has 0 amide bonds. The first-order chi connectivity index (χ1) is 11.0. The molecule has 0 aliphatic rings. The van der Waals surface area contributed by atoms with Crippen LogP contribution in [0.3, 0.4) is 0 Å². The Hall–Kier alpha value is -2.16. The van der Waals surface area contributed by atoms with E-state index in [0.29, 0.717) is 0 Å². The summed E-state index contributed by atoms with van der Waals surface area (Å²) in [7, 11) is 0. The third-order valence-corrected chi connectivity index (χ3v) is 3.25. The van der Waals surface area contributed by atoms with E-state index < -0.39 is 0 Å². The second kappa shape index (κ2) is 8.47. The van der Waals surface area contributed by atoms with Gasteiger partial charge in [0, 0.05) is 18.3 Å². The highest BCUT2D eigenvalue weighted by atomic mass is 16.5. The van der Waals surface area contributed by atoms with Gasteiger partial charge in [-0.2, -0.15) is 0 Å². The molecule has 124 valence electrons. The zero-order valence-electron chi connectivity index (χ0n) is 14.5. The van der Waals surface area contributed by atoms with Crippen molar-refractivity contribution < 1.29 is 9.47 Å². The molecule has 3 nitrogen and oxygen atoms in total. The smallest absolute Gasteiger partial charge is 0.163 e. The van der Waals surface area contributed by atoms with Crippen molar-refractivity contribution in [2.45, 2.75) is 46.3 Å². The molecular formula is C20H27NO2. The topological polar surface area (TPSA) is 30.5 Å². The molecule has 0 unspecified atom stereocenters. The molecule has 23 heavy (non-hydrogen) atoms. The Morgan fingerprint density at radius 2 is 1.48 bits per heavy atom. The molecule has 0 atom stereocenters. The van der Waals surface area contributed by atoms with Crippen molar-refractivity contribution in [3.05, 3.63) is 54.1 Å². The zero-order valence-corrected chi connectivity index (χ0v) is 14.5. The largest absolute Gasteiger partial charge is 0.487 e. The van der Waals surface area contributed by atoms with E-state index in [1.165, 1.54) is 5.56 Å². The fraction of sp³-hybridized carbons (Fsp3) is 0.400. The summed E-state index contributed by atoms with van der Waals surface area (Å²) in [6.07, 6.45) is 1.23. The van der Waals surface area contributed by atoms with Gasteiger partial charge in [0.15, 0.2) is 11.5 Å². The number of anilines is 1. The summed E-state index contributed by atoms with van der Waals surface area (Å²) in [6.45, 7) is 8.97. The van der Waals surface area contributed by atoms with Crippen LogP contribution in [-0.2, 0) is 6.42 Å². The maximum absolute atomic E-state index is 5.89. The van der Waals surface area contributed by atoms with Crippen LogP contribution >= 0.6 is 0 Å². The number of nitrogens with one attached hydrogen (secondary N) is 1. The number of hydrogen-bond donors (Lipinski definition) is 1. The Morgan fingerprint density at radius 1 is 0.826 bits per heavy atom. The minimum Gasteiger partial charge on any atom is -0.487 e. The molecule has 2 rings (SSSR count). The Balaban J connectivity index is 2.01. The van der Waals surface area contributed by atoms with Crippen LogP contribution in [0.5, 0.6) is 11.5 Å². The maximum Gasteiger partial charge on any atom is 0.163 e. The highest BCUT2D eigenvalue weighted by molar-refractivity contribution is 5.55. The van der Waals surface area contributed by atoms with Crippen LogP contribution < -0.4 is 14.8 Å². The van der Waals surface area contributed by atoms with Crippen molar-refractivity contribution in [1.29, 1.82) is 0 Å². The Labute approximate surface area is 139 Å². The van der Waals surface area contributed by atoms with Gasteiger partial charge in [0.25, 0.3) is 0 Å². The maximum atomic E-state index is 5.89. The molecule has 2 aromatic rings. The van der Waals surface area contributed by atoms with Crippen LogP contribution in [0.15, 0.2) is 48.5 Å². The van der Waals surface area contributed by atoms with Gasteiger partial charge >= 0.3 is 0 Å². The van der Waals surface area contributed by atoms with Gasteiger partial charge in [-0.05, 0) is 51.8 Å². The monoisotopic (exact) mass is 313 g/mol. The first-order valence-electron chi connectivity index (χ1n) is 8.29. The quantitative estimate of drug-likeness (QED) is 0.750. The van der Waals surface area contributed by atoms with Crippen LogP contribution in [0.25, 0.3) is 0 Å². The highest BCUT2D eigenvalue weighted by Gasteiger charge is 2.10. The summed E-state index contributed by atoms with van der Waals surface area (Å²) in [5.74, 6) is 1.58. The van der Waals surface area contributed by atoms with Gasteiger partial charge in [0.1, 0.15) is 0 Å². The molecule has 0 saturated heterocycles. The summed E-state index contributed by atoms with van der Waals surface area (Å²) >= 11 is 0. The fourth-order valence-corrected chi connectivity index (χ4v) is 2.31. The van der Waals surface area contributed by atoms with E-state index >= 15 is 0 Å². The van der Waals surface area contributed by atoms with Crippen LogP contribution in [0, 0.1) is 0 Å². The molecule has 0 saturated carbocycles. The van der Waals surface area contributed by atoms with Crippen molar-refractivity contribution in [3.8, 4) is 11.5 Å². The van der Waals surface area contributed by atoms with E-state index in [0.717, 1.165) is 30.2 Å². The normalized spacial score (nSPS) is 10.9.